The van der Waals surface area contributed by atoms with E-state index in [0.29, 0.717) is 6.42 Å². The fourth-order valence-electron chi connectivity index (χ4n) is 6.31. The molecule has 0 amide bonds. The van der Waals surface area contributed by atoms with E-state index in [0.717, 1.165) is 0 Å². The molecule has 19 atom stereocenters. The molecule has 16 heteroatoms. The van der Waals surface area contributed by atoms with Crippen molar-refractivity contribution < 1.29 is 69.3 Å². The molecule has 0 radical (unpaired) electrons. The molecule has 4 fully saturated rings. The Balaban J connectivity index is 1.50. The fraction of sp³-hybridized carbons (Fsp3) is 1.00. The predicted octanol–water partition coefficient (Wildman–Crippen LogP) is -4.94. The van der Waals surface area contributed by atoms with Gasteiger partial charge in [-0.1, -0.05) is 20.8 Å². The molecule has 3 heterocycles. The van der Waals surface area contributed by atoms with Crippen molar-refractivity contribution in [2.24, 2.45) is 29.2 Å². The molecule has 0 aromatic rings. The second kappa shape index (κ2) is 14.2. The van der Waals surface area contributed by atoms with Crippen molar-refractivity contribution in [2.75, 3.05) is 19.8 Å². The highest BCUT2D eigenvalue weighted by Gasteiger charge is 2.54. The molecule has 1 saturated carbocycles. The van der Waals surface area contributed by atoms with Gasteiger partial charge < -0.3 is 80.7 Å². The maximum atomic E-state index is 11.2. The molecule has 0 aromatic heterocycles. The summed E-state index contributed by atoms with van der Waals surface area (Å²) >= 11 is 0. The molecule has 0 bridgehead atoms. The van der Waals surface area contributed by atoms with E-state index in [-0.39, 0.29) is 18.4 Å². The van der Waals surface area contributed by atoms with Gasteiger partial charge in [0.2, 0.25) is 0 Å². The molecule has 16 nitrogen and oxygen atoms in total. The molecule has 4 aliphatic rings. The highest BCUT2D eigenvalue weighted by atomic mass is 16.8. The highest BCUT2D eigenvalue weighted by molar-refractivity contribution is 4.98. The van der Waals surface area contributed by atoms with Crippen molar-refractivity contribution >= 4 is 0 Å². The van der Waals surface area contributed by atoms with Crippen LogP contribution in [0.3, 0.4) is 0 Å². The largest absolute Gasteiger partial charge is 0.394 e. The molecule has 3 aliphatic heterocycles. The van der Waals surface area contributed by atoms with Gasteiger partial charge in [0.1, 0.15) is 54.9 Å². The monoisotopic (exact) mass is 612 g/mol. The summed E-state index contributed by atoms with van der Waals surface area (Å²) in [6.45, 7) is 4.01. The summed E-state index contributed by atoms with van der Waals surface area (Å²) in [5.41, 5.74) is 11.7. The lowest BCUT2D eigenvalue weighted by atomic mass is 9.77. The summed E-state index contributed by atoms with van der Waals surface area (Å²) in [5, 5.41) is 83.1. The molecule has 42 heavy (non-hydrogen) atoms. The maximum absolute atomic E-state index is 11.2. The van der Waals surface area contributed by atoms with Gasteiger partial charge in [-0.3, -0.25) is 0 Å². The van der Waals surface area contributed by atoms with E-state index in [9.17, 15) is 40.9 Å². The maximum Gasteiger partial charge on any atom is 0.187 e. The van der Waals surface area contributed by atoms with Crippen molar-refractivity contribution in [3.63, 3.8) is 0 Å². The molecular formula is C26H48N2O14. The zero-order valence-corrected chi connectivity index (χ0v) is 24.0. The van der Waals surface area contributed by atoms with Crippen LogP contribution in [0.2, 0.25) is 0 Å². The number of nitrogens with two attached hydrogens (primary N) is 2. The lowest BCUT2D eigenvalue weighted by Gasteiger charge is -2.47. The quantitative estimate of drug-likeness (QED) is 0.117. The summed E-state index contributed by atoms with van der Waals surface area (Å²) in [6.07, 6.45) is -17.5. The minimum absolute atomic E-state index is 0.0928. The smallest absolute Gasteiger partial charge is 0.187 e. The molecule has 0 aromatic carbocycles. The first kappa shape index (κ1) is 34.2. The molecule has 4 rings (SSSR count). The van der Waals surface area contributed by atoms with E-state index in [1.165, 1.54) is 0 Å². The number of aliphatic hydroxyl groups excluding tert-OH is 8. The number of aliphatic hydroxyl groups is 8. The Morgan fingerprint density at radius 1 is 0.595 bits per heavy atom. The van der Waals surface area contributed by atoms with E-state index in [1.807, 2.05) is 13.8 Å². The minimum Gasteiger partial charge on any atom is -0.394 e. The van der Waals surface area contributed by atoms with Gasteiger partial charge >= 0.3 is 0 Å². The molecular weight excluding hydrogens is 564 g/mol. The molecule has 3 saturated heterocycles. The third kappa shape index (κ3) is 6.64. The van der Waals surface area contributed by atoms with Gasteiger partial charge in [0.05, 0.1) is 37.6 Å². The average Bonchev–Trinajstić information content (AvgIpc) is 3.27. The van der Waals surface area contributed by atoms with Crippen molar-refractivity contribution in [3.8, 4) is 0 Å². The van der Waals surface area contributed by atoms with Crippen molar-refractivity contribution in [3.05, 3.63) is 0 Å². The van der Waals surface area contributed by atoms with Crippen LogP contribution in [0.5, 0.6) is 0 Å². The van der Waals surface area contributed by atoms with E-state index in [1.54, 1.807) is 6.92 Å². The van der Waals surface area contributed by atoms with Crippen LogP contribution in [0.25, 0.3) is 0 Å². The molecule has 12 N–H and O–H groups in total. The van der Waals surface area contributed by atoms with Crippen LogP contribution in [0, 0.1) is 17.8 Å². The summed E-state index contributed by atoms with van der Waals surface area (Å²) in [5.74, 6) is -1.21. The van der Waals surface area contributed by atoms with Crippen LogP contribution >= 0.6 is 0 Å². The van der Waals surface area contributed by atoms with E-state index in [2.05, 4.69) is 0 Å². The number of hydrogen-bond acceptors (Lipinski definition) is 16. The normalized spacial score (nSPS) is 53.8. The van der Waals surface area contributed by atoms with E-state index >= 15 is 0 Å². The molecule has 246 valence electrons. The first-order chi connectivity index (χ1) is 19.8. The van der Waals surface area contributed by atoms with Crippen molar-refractivity contribution in [1.82, 2.24) is 0 Å². The van der Waals surface area contributed by atoms with Gasteiger partial charge in [0.25, 0.3) is 0 Å². The Labute approximate surface area is 244 Å². The number of rotatable bonds is 9. The van der Waals surface area contributed by atoms with Crippen LogP contribution in [-0.2, 0) is 28.4 Å². The van der Waals surface area contributed by atoms with Crippen molar-refractivity contribution in [2.45, 2.75) is 125 Å². The summed E-state index contributed by atoms with van der Waals surface area (Å²) in [6, 6.07) is -1.18. The van der Waals surface area contributed by atoms with Crippen LogP contribution < -0.4 is 11.5 Å². The highest BCUT2D eigenvalue weighted by Crippen LogP contribution is 2.39. The Morgan fingerprint density at radius 2 is 1.14 bits per heavy atom. The van der Waals surface area contributed by atoms with Crippen LogP contribution in [0.4, 0.5) is 0 Å². The van der Waals surface area contributed by atoms with Gasteiger partial charge in [-0.2, -0.15) is 0 Å². The second-order valence-corrected chi connectivity index (χ2v) is 12.1. The van der Waals surface area contributed by atoms with Gasteiger partial charge in [-0.15, -0.1) is 0 Å². The Kier molecular flexibility index (Phi) is 11.6. The number of ether oxygens (including phenoxy) is 6. The lowest BCUT2D eigenvalue weighted by Crippen LogP contribution is -2.64. The van der Waals surface area contributed by atoms with Gasteiger partial charge in [-0.05, 0) is 18.3 Å². The Morgan fingerprint density at radius 3 is 1.76 bits per heavy atom. The molecule has 1 aliphatic carbocycles. The SMILES string of the molecule is CC1CC(C)C(OC2OC(CO)C(O)C(O)C2N)C(OC2OC(CO)C(OC3OC(CN)C(O)C(O)C3C)C2O)C1O. The Hall–Kier alpha value is -0.640. The van der Waals surface area contributed by atoms with Crippen molar-refractivity contribution in [1.29, 1.82) is 0 Å². The van der Waals surface area contributed by atoms with Gasteiger partial charge in [0, 0.05) is 12.5 Å². The number of hydrogen-bond donors (Lipinski definition) is 10. The predicted molar refractivity (Wildman–Crippen MR) is 140 cm³/mol. The average molecular weight is 613 g/mol. The van der Waals surface area contributed by atoms with Gasteiger partial charge in [-0.25, -0.2) is 0 Å². The summed E-state index contributed by atoms with van der Waals surface area (Å²) in [7, 11) is 0. The fourth-order valence-corrected chi connectivity index (χ4v) is 6.31. The van der Waals surface area contributed by atoms with E-state index < -0.39 is 117 Å². The zero-order chi connectivity index (χ0) is 31.0. The third-order valence-corrected chi connectivity index (χ3v) is 9.06. The lowest BCUT2D eigenvalue weighted by molar-refractivity contribution is -0.317. The Bertz CT molecular complexity index is 858. The standard InChI is InChI=1S/C26H48N2O14/c1-8-4-9(2)21(40-25-14(28)19(35)18(34)12(6-29)38-25)23(15(8)31)42-26-20(36)22(13(7-30)39-26)41-24-10(3)16(32)17(33)11(5-27)37-24/h8-26,29-36H,4-7,27-28H2,1-3H3. The zero-order valence-electron chi connectivity index (χ0n) is 24.0. The summed E-state index contributed by atoms with van der Waals surface area (Å²) in [4.78, 5) is 0. The third-order valence-electron chi connectivity index (χ3n) is 9.06. The van der Waals surface area contributed by atoms with Gasteiger partial charge in [0.15, 0.2) is 18.9 Å². The topological polar surface area (TPSA) is 269 Å². The summed E-state index contributed by atoms with van der Waals surface area (Å²) < 4.78 is 35.3. The first-order valence-corrected chi connectivity index (χ1v) is 14.5. The molecule has 0 spiro atoms. The van der Waals surface area contributed by atoms with Crippen LogP contribution in [-0.4, -0.2) is 159 Å². The van der Waals surface area contributed by atoms with Crippen LogP contribution in [0.1, 0.15) is 27.2 Å². The van der Waals surface area contributed by atoms with E-state index in [4.69, 9.17) is 39.9 Å². The second-order valence-electron chi connectivity index (χ2n) is 12.1. The first-order valence-electron chi connectivity index (χ1n) is 14.5. The molecule has 19 unspecified atom stereocenters. The minimum atomic E-state index is -1.48. The van der Waals surface area contributed by atoms with Crippen LogP contribution in [0.15, 0.2) is 0 Å².